The van der Waals surface area contributed by atoms with Gasteiger partial charge in [-0.1, -0.05) is 43.2 Å². The van der Waals surface area contributed by atoms with Crippen LogP contribution in [0.5, 0.6) is 0 Å². The predicted octanol–water partition coefficient (Wildman–Crippen LogP) is 2.51. The Morgan fingerprint density at radius 2 is 2.00 bits per heavy atom. The Morgan fingerprint density at radius 1 is 1.30 bits per heavy atom. The van der Waals surface area contributed by atoms with E-state index < -0.39 is 5.54 Å². The lowest BCUT2D eigenvalue weighted by Crippen LogP contribution is -2.50. The maximum atomic E-state index is 12.4. The average molecular weight is 314 g/mol. The van der Waals surface area contributed by atoms with E-state index in [-0.39, 0.29) is 12.6 Å². The van der Waals surface area contributed by atoms with Crippen molar-refractivity contribution < 1.29 is 9.90 Å². The van der Waals surface area contributed by atoms with Gasteiger partial charge in [0, 0.05) is 18.8 Å². The molecule has 3 rings (SSSR count). The van der Waals surface area contributed by atoms with Crippen LogP contribution in [-0.2, 0) is 7.05 Å². The van der Waals surface area contributed by atoms with Crippen molar-refractivity contribution in [1.82, 2.24) is 15.1 Å². The van der Waals surface area contributed by atoms with Crippen molar-refractivity contribution in [3.63, 3.8) is 0 Å². The molecule has 1 aromatic heterocycles. The molecule has 0 radical (unpaired) electrons. The van der Waals surface area contributed by atoms with Crippen LogP contribution >= 0.6 is 0 Å². The highest BCUT2D eigenvalue weighted by atomic mass is 16.3. The van der Waals surface area contributed by atoms with Crippen LogP contribution in [0.15, 0.2) is 36.5 Å². The van der Waals surface area contributed by atoms with E-state index in [9.17, 15) is 9.90 Å². The summed E-state index contributed by atoms with van der Waals surface area (Å²) in [6.07, 6.45) is 5.47. The minimum atomic E-state index is -0.487. The number of aliphatic hydroxyl groups is 1. The number of anilines is 1. The number of hydrogen-bond donors (Lipinski definition) is 3. The lowest BCUT2D eigenvalue weighted by Gasteiger charge is -2.27. The Kier molecular flexibility index (Phi) is 4.34. The molecular weight excluding hydrogens is 292 g/mol. The Bertz CT molecular complexity index is 675. The van der Waals surface area contributed by atoms with E-state index in [1.54, 1.807) is 10.9 Å². The summed E-state index contributed by atoms with van der Waals surface area (Å²) in [5.74, 6) is 0. The predicted molar refractivity (Wildman–Crippen MR) is 89.1 cm³/mol. The summed E-state index contributed by atoms with van der Waals surface area (Å²) in [6.45, 7) is -0.0288. The molecule has 122 valence electrons. The van der Waals surface area contributed by atoms with Gasteiger partial charge in [-0.2, -0.15) is 5.10 Å². The van der Waals surface area contributed by atoms with Crippen molar-refractivity contribution >= 4 is 11.7 Å². The third-order valence-electron chi connectivity index (χ3n) is 4.37. The molecule has 1 aromatic carbocycles. The summed E-state index contributed by atoms with van der Waals surface area (Å²) in [5, 5.41) is 19.9. The molecule has 0 bridgehead atoms. The number of carbonyl (C=O) groups excluding carboxylic acids is 1. The van der Waals surface area contributed by atoms with Crippen LogP contribution in [0.3, 0.4) is 0 Å². The van der Waals surface area contributed by atoms with Gasteiger partial charge in [-0.3, -0.25) is 4.68 Å². The van der Waals surface area contributed by atoms with Gasteiger partial charge in [0.2, 0.25) is 0 Å². The first-order valence-corrected chi connectivity index (χ1v) is 7.91. The summed E-state index contributed by atoms with van der Waals surface area (Å²) < 4.78 is 1.68. The molecule has 6 heteroatoms. The van der Waals surface area contributed by atoms with Crippen molar-refractivity contribution in [1.29, 1.82) is 0 Å². The number of aryl methyl sites for hydroxylation is 1. The van der Waals surface area contributed by atoms with Gasteiger partial charge in [-0.05, 0) is 12.8 Å². The summed E-state index contributed by atoms with van der Waals surface area (Å²) in [5.41, 5.74) is 1.84. The van der Waals surface area contributed by atoms with Crippen LogP contribution in [0, 0.1) is 0 Å². The first kappa shape index (κ1) is 15.6. The number of rotatable bonds is 4. The maximum absolute atomic E-state index is 12.4. The molecule has 2 amide bonds. The number of nitrogens with zero attached hydrogens (tertiary/aromatic N) is 2. The molecule has 0 saturated heterocycles. The summed E-state index contributed by atoms with van der Waals surface area (Å²) in [4.78, 5) is 12.4. The number of urea groups is 1. The van der Waals surface area contributed by atoms with Gasteiger partial charge >= 0.3 is 6.03 Å². The molecule has 3 N–H and O–H groups in total. The number of nitrogens with one attached hydrogen (secondary N) is 2. The zero-order valence-electron chi connectivity index (χ0n) is 13.2. The van der Waals surface area contributed by atoms with Gasteiger partial charge in [0.1, 0.15) is 5.69 Å². The minimum absolute atomic E-state index is 0.0288. The van der Waals surface area contributed by atoms with E-state index >= 15 is 0 Å². The third-order valence-corrected chi connectivity index (χ3v) is 4.37. The van der Waals surface area contributed by atoms with Gasteiger partial charge in [0.05, 0.1) is 17.8 Å². The van der Waals surface area contributed by atoms with Crippen LogP contribution in [0.25, 0.3) is 11.3 Å². The molecule has 2 aromatic rings. The molecule has 23 heavy (non-hydrogen) atoms. The third kappa shape index (κ3) is 3.37. The summed E-state index contributed by atoms with van der Waals surface area (Å²) in [6, 6.07) is 9.43. The molecule has 6 nitrogen and oxygen atoms in total. The topological polar surface area (TPSA) is 79.2 Å². The van der Waals surface area contributed by atoms with E-state index in [4.69, 9.17) is 0 Å². The summed E-state index contributed by atoms with van der Waals surface area (Å²) in [7, 11) is 1.82. The highest BCUT2D eigenvalue weighted by Crippen LogP contribution is 2.30. The van der Waals surface area contributed by atoms with Crippen molar-refractivity contribution in [3.8, 4) is 11.3 Å². The van der Waals surface area contributed by atoms with Gasteiger partial charge in [-0.25, -0.2) is 4.79 Å². The Morgan fingerprint density at radius 3 is 2.65 bits per heavy atom. The fraction of sp³-hybridized carbons (Fsp3) is 0.412. The van der Waals surface area contributed by atoms with Crippen molar-refractivity contribution in [2.75, 3.05) is 11.9 Å². The lowest BCUT2D eigenvalue weighted by molar-refractivity contribution is 0.167. The number of amides is 2. The standard InChI is InChI=1S/C17H22N4O2/c1-21-11-14(15(20-21)13-7-3-2-4-8-13)18-16(23)19-17(12-22)9-5-6-10-17/h2-4,7-8,11,22H,5-6,9-10,12H2,1H3,(H2,18,19,23). The van der Waals surface area contributed by atoms with Crippen LogP contribution in [-0.4, -0.2) is 33.1 Å². The molecule has 1 saturated carbocycles. The Hall–Kier alpha value is -2.34. The van der Waals surface area contributed by atoms with Crippen LogP contribution < -0.4 is 10.6 Å². The van der Waals surface area contributed by atoms with Crippen LogP contribution in [0.1, 0.15) is 25.7 Å². The number of hydrogen-bond acceptors (Lipinski definition) is 3. The summed E-state index contributed by atoms with van der Waals surface area (Å²) >= 11 is 0. The van der Waals surface area contributed by atoms with Crippen LogP contribution in [0.4, 0.5) is 10.5 Å². The number of aliphatic hydroxyl groups excluding tert-OH is 1. The van der Waals surface area contributed by atoms with Crippen molar-refractivity contribution in [2.24, 2.45) is 7.05 Å². The molecule has 1 aliphatic rings. The molecular formula is C17H22N4O2. The maximum Gasteiger partial charge on any atom is 0.319 e. The second kappa shape index (κ2) is 6.42. The molecule has 0 aliphatic heterocycles. The van der Waals surface area contributed by atoms with Crippen LogP contribution in [0.2, 0.25) is 0 Å². The first-order valence-electron chi connectivity index (χ1n) is 7.91. The number of benzene rings is 1. The van der Waals surface area contributed by atoms with Crippen molar-refractivity contribution in [3.05, 3.63) is 36.5 Å². The molecule has 1 heterocycles. The quantitative estimate of drug-likeness (QED) is 0.811. The van der Waals surface area contributed by atoms with E-state index in [1.807, 2.05) is 37.4 Å². The SMILES string of the molecule is Cn1cc(NC(=O)NC2(CO)CCCC2)c(-c2ccccc2)n1. The van der Waals surface area contributed by atoms with Gasteiger partial charge < -0.3 is 15.7 Å². The minimum Gasteiger partial charge on any atom is -0.394 e. The molecule has 0 spiro atoms. The van der Waals surface area contributed by atoms with Gasteiger partial charge in [-0.15, -0.1) is 0 Å². The fourth-order valence-corrected chi connectivity index (χ4v) is 3.16. The number of aromatic nitrogens is 2. The second-order valence-corrected chi connectivity index (χ2v) is 6.16. The van der Waals surface area contributed by atoms with Crippen molar-refractivity contribution in [2.45, 2.75) is 31.2 Å². The first-order chi connectivity index (χ1) is 11.1. The number of carbonyl (C=O) groups is 1. The van der Waals surface area contributed by atoms with Gasteiger partial charge in [0.15, 0.2) is 0 Å². The Labute approximate surface area is 135 Å². The molecule has 0 unspecified atom stereocenters. The highest BCUT2D eigenvalue weighted by molar-refractivity contribution is 5.93. The zero-order chi connectivity index (χ0) is 16.3. The Balaban J connectivity index is 1.77. The van der Waals surface area contributed by atoms with E-state index in [0.29, 0.717) is 5.69 Å². The lowest BCUT2D eigenvalue weighted by atomic mass is 9.99. The largest absolute Gasteiger partial charge is 0.394 e. The average Bonchev–Trinajstić information content (AvgIpc) is 3.15. The van der Waals surface area contributed by atoms with E-state index in [0.717, 1.165) is 36.9 Å². The highest BCUT2D eigenvalue weighted by Gasteiger charge is 2.34. The fourth-order valence-electron chi connectivity index (χ4n) is 3.16. The molecule has 1 fully saturated rings. The van der Waals surface area contributed by atoms with Gasteiger partial charge in [0.25, 0.3) is 0 Å². The monoisotopic (exact) mass is 314 g/mol. The van der Waals surface area contributed by atoms with E-state index in [2.05, 4.69) is 15.7 Å². The zero-order valence-corrected chi connectivity index (χ0v) is 13.2. The molecule has 1 aliphatic carbocycles. The van der Waals surface area contributed by atoms with E-state index in [1.165, 1.54) is 0 Å². The second-order valence-electron chi connectivity index (χ2n) is 6.16. The smallest absolute Gasteiger partial charge is 0.319 e. The molecule has 0 atom stereocenters. The normalized spacial score (nSPS) is 16.3.